The molecule has 2 aromatic carbocycles. The summed E-state index contributed by atoms with van der Waals surface area (Å²) in [5.41, 5.74) is 4.49. The first kappa shape index (κ1) is 17.4. The van der Waals surface area contributed by atoms with Gasteiger partial charge in [0, 0.05) is 12.1 Å². The molecule has 1 amide bonds. The highest BCUT2D eigenvalue weighted by Gasteiger charge is 2.18. The van der Waals surface area contributed by atoms with Gasteiger partial charge in [-0.3, -0.25) is 4.79 Å². The number of benzene rings is 2. The van der Waals surface area contributed by atoms with Gasteiger partial charge in [-0.05, 0) is 55.6 Å². The average Bonchev–Trinajstić information content (AvgIpc) is 2.50. The topological polar surface area (TPSA) is 41.1 Å². The molecule has 1 aliphatic rings. The number of carbonyl (C=O) groups excluding carboxylic acids is 1. The third-order valence-electron chi connectivity index (χ3n) is 4.08. The van der Waals surface area contributed by atoms with Crippen LogP contribution in [0.2, 0.25) is 0 Å². The second-order valence-corrected chi connectivity index (χ2v) is 5.76. The van der Waals surface area contributed by atoms with Crippen molar-refractivity contribution in [1.29, 1.82) is 0 Å². The summed E-state index contributed by atoms with van der Waals surface area (Å²) in [6.45, 7) is 5.30. The molecule has 0 bridgehead atoms. The molecule has 0 saturated carbocycles. The number of hydrogen-bond donors (Lipinski definition) is 2. The number of hydrogen-bond acceptors (Lipinski definition) is 2. The summed E-state index contributed by atoms with van der Waals surface area (Å²) in [6, 6.07) is 9.13. The van der Waals surface area contributed by atoms with Gasteiger partial charge in [0.05, 0.1) is 5.69 Å². The van der Waals surface area contributed by atoms with Crippen LogP contribution in [-0.4, -0.2) is 12.5 Å². The predicted octanol–water partition coefficient (Wildman–Crippen LogP) is 3.76. The maximum atomic E-state index is 14.6. The van der Waals surface area contributed by atoms with E-state index in [1.807, 2.05) is 32.0 Å². The van der Waals surface area contributed by atoms with Crippen molar-refractivity contribution in [3.8, 4) is 0 Å². The Hall–Kier alpha value is -1.91. The molecule has 0 saturated heterocycles. The summed E-state index contributed by atoms with van der Waals surface area (Å²) in [4.78, 5) is 12.4. The number of fused-ring (bicyclic) bond motifs is 1. The minimum atomic E-state index is -0.308. The van der Waals surface area contributed by atoms with E-state index in [1.54, 1.807) is 12.1 Å². The van der Waals surface area contributed by atoms with Crippen LogP contribution in [0.5, 0.6) is 0 Å². The maximum absolute atomic E-state index is 14.6. The summed E-state index contributed by atoms with van der Waals surface area (Å²) in [7, 11) is 0. The lowest BCUT2D eigenvalue weighted by atomic mass is 9.99. The van der Waals surface area contributed by atoms with Crippen LogP contribution in [0.1, 0.15) is 32.6 Å². The Kier molecular flexibility index (Phi) is 5.39. The predicted molar refractivity (Wildman–Crippen MR) is 92.9 cm³/mol. The summed E-state index contributed by atoms with van der Waals surface area (Å²) in [5.74, 6) is -0.581. The van der Waals surface area contributed by atoms with E-state index < -0.39 is 0 Å². The van der Waals surface area contributed by atoms with Crippen LogP contribution in [0.4, 0.5) is 10.1 Å². The Bertz CT molecular complexity index is 746. The van der Waals surface area contributed by atoms with Crippen molar-refractivity contribution in [3.05, 3.63) is 64.0 Å². The first-order valence-electron chi connectivity index (χ1n) is 7.46. The zero-order valence-electron chi connectivity index (χ0n) is 13.2. The number of rotatable bonds is 2. The smallest absolute Gasteiger partial charge is 0.256 e. The molecule has 3 rings (SSSR count). The van der Waals surface area contributed by atoms with Crippen LogP contribution in [0.25, 0.3) is 0 Å². The molecule has 0 aromatic heterocycles. The van der Waals surface area contributed by atoms with Crippen molar-refractivity contribution < 1.29 is 9.18 Å². The maximum Gasteiger partial charge on any atom is 0.256 e. The van der Waals surface area contributed by atoms with E-state index in [2.05, 4.69) is 10.6 Å². The van der Waals surface area contributed by atoms with Gasteiger partial charge in [-0.1, -0.05) is 23.8 Å². The zero-order valence-corrected chi connectivity index (χ0v) is 14.0. The molecular weight excluding hydrogens is 315 g/mol. The molecule has 0 atom stereocenters. The average molecular weight is 335 g/mol. The lowest BCUT2D eigenvalue weighted by molar-refractivity contribution is 0.102. The number of nitrogens with one attached hydrogen (secondary N) is 2. The Morgan fingerprint density at radius 3 is 2.74 bits per heavy atom. The molecule has 122 valence electrons. The van der Waals surface area contributed by atoms with Gasteiger partial charge in [0.15, 0.2) is 0 Å². The minimum absolute atomic E-state index is 0. The normalized spacial score (nSPS) is 13.0. The van der Waals surface area contributed by atoms with E-state index in [0.29, 0.717) is 24.1 Å². The molecule has 5 heteroatoms. The molecule has 0 radical (unpaired) electrons. The highest BCUT2D eigenvalue weighted by Crippen LogP contribution is 2.25. The molecule has 1 heterocycles. The molecule has 2 aromatic rings. The fraction of sp³-hybridized carbons (Fsp3) is 0.278. The second-order valence-electron chi connectivity index (χ2n) is 5.76. The Balaban J connectivity index is 0.00000192. The van der Waals surface area contributed by atoms with Crippen LogP contribution in [0.15, 0.2) is 30.3 Å². The largest absolute Gasteiger partial charge is 0.319 e. The summed E-state index contributed by atoms with van der Waals surface area (Å²) in [5, 5.41) is 5.92. The van der Waals surface area contributed by atoms with Crippen molar-refractivity contribution in [2.45, 2.75) is 26.8 Å². The van der Waals surface area contributed by atoms with Crippen molar-refractivity contribution in [3.63, 3.8) is 0 Å². The first-order chi connectivity index (χ1) is 10.6. The molecule has 1 aliphatic heterocycles. The molecule has 0 fully saturated rings. The first-order valence-corrected chi connectivity index (χ1v) is 7.46. The summed E-state index contributed by atoms with van der Waals surface area (Å²) < 4.78 is 14.6. The van der Waals surface area contributed by atoms with E-state index in [4.69, 9.17) is 0 Å². The molecule has 0 aliphatic carbocycles. The number of halogens is 2. The van der Waals surface area contributed by atoms with Crippen LogP contribution in [0, 0.1) is 19.7 Å². The number of carbonyl (C=O) groups is 1. The highest BCUT2D eigenvalue weighted by molar-refractivity contribution is 6.05. The van der Waals surface area contributed by atoms with Gasteiger partial charge in [0.25, 0.3) is 5.91 Å². The highest BCUT2D eigenvalue weighted by atomic mass is 35.5. The Morgan fingerprint density at radius 1 is 1.22 bits per heavy atom. The third-order valence-corrected chi connectivity index (χ3v) is 4.08. The van der Waals surface area contributed by atoms with Gasteiger partial charge < -0.3 is 10.6 Å². The van der Waals surface area contributed by atoms with Crippen LogP contribution < -0.4 is 10.6 Å². The second kappa shape index (κ2) is 7.11. The van der Waals surface area contributed by atoms with E-state index in [-0.39, 0.29) is 29.8 Å². The SMILES string of the molecule is Cc1ccc(C(=O)Nc2ccc3c(c2F)CCNC3)c(C)c1.Cl. The number of amides is 1. The van der Waals surface area contributed by atoms with Gasteiger partial charge in [-0.15, -0.1) is 12.4 Å². The van der Waals surface area contributed by atoms with Crippen molar-refractivity contribution in [2.75, 3.05) is 11.9 Å². The Morgan fingerprint density at radius 2 is 2.00 bits per heavy atom. The standard InChI is InChI=1S/C18H19FN2O.ClH/c1-11-3-5-14(12(2)9-11)18(22)21-16-6-4-13-10-20-8-7-15(13)17(16)19;/h3-6,9,20H,7-8,10H2,1-2H3,(H,21,22);1H. The zero-order chi connectivity index (χ0) is 15.7. The molecular formula is C18H20ClFN2O. The molecule has 2 N–H and O–H groups in total. The fourth-order valence-electron chi connectivity index (χ4n) is 2.89. The van der Waals surface area contributed by atoms with Gasteiger partial charge >= 0.3 is 0 Å². The van der Waals surface area contributed by atoms with Gasteiger partial charge in [-0.25, -0.2) is 4.39 Å². The van der Waals surface area contributed by atoms with Crippen molar-refractivity contribution >= 4 is 24.0 Å². The quantitative estimate of drug-likeness (QED) is 0.878. The van der Waals surface area contributed by atoms with E-state index in [9.17, 15) is 9.18 Å². The number of anilines is 1. The van der Waals surface area contributed by atoms with Gasteiger partial charge in [0.2, 0.25) is 0 Å². The minimum Gasteiger partial charge on any atom is -0.319 e. The Labute approximate surface area is 141 Å². The lowest BCUT2D eigenvalue weighted by Gasteiger charge is -2.19. The molecule has 0 spiro atoms. The lowest BCUT2D eigenvalue weighted by Crippen LogP contribution is -2.25. The summed E-state index contributed by atoms with van der Waals surface area (Å²) in [6.07, 6.45) is 0.647. The van der Waals surface area contributed by atoms with Crippen LogP contribution in [0.3, 0.4) is 0 Å². The summed E-state index contributed by atoms with van der Waals surface area (Å²) >= 11 is 0. The van der Waals surface area contributed by atoms with Crippen LogP contribution >= 0.6 is 12.4 Å². The van der Waals surface area contributed by atoms with E-state index in [1.165, 1.54) is 0 Å². The van der Waals surface area contributed by atoms with Gasteiger partial charge in [0.1, 0.15) is 5.82 Å². The fourth-order valence-corrected chi connectivity index (χ4v) is 2.89. The molecule has 3 nitrogen and oxygen atoms in total. The molecule has 0 unspecified atom stereocenters. The van der Waals surface area contributed by atoms with Crippen molar-refractivity contribution in [1.82, 2.24) is 5.32 Å². The van der Waals surface area contributed by atoms with Gasteiger partial charge in [-0.2, -0.15) is 0 Å². The van der Waals surface area contributed by atoms with Crippen LogP contribution in [-0.2, 0) is 13.0 Å². The number of aryl methyl sites for hydroxylation is 2. The van der Waals surface area contributed by atoms with Crippen molar-refractivity contribution in [2.24, 2.45) is 0 Å². The van der Waals surface area contributed by atoms with E-state index >= 15 is 0 Å². The third kappa shape index (κ3) is 3.54. The molecule has 23 heavy (non-hydrogen) atoms. The monoisotopic (exact) mass is 334 g/mol. The van der Waals surface area contributed by atoms with E-state index in [0.717, 1.165) is 23.2 Å².